The van der Waals surface area contributed by atoms with Crippen molar-refractivity contribution >= 4 is 39.7 Å². The molecule has 0 saturated heterocycles. The minimum Gasteiger partial charge on any atom is -0.383 e. The smallest absolute Gasteiger partial charge is 0.252 e. The second-order valence-corrected chi connectivity index (χ2v) is 8.09. The highest BCUT2D eigenvalue weighted by Crippen LogP contribution is 2.24. The summed E-state index contributed by atoms with van der Waals surface area (Å²) < 4.78 is 31.4. The highest BCUT2D eigenvalue weighted by molar-refractivity contribution is 7.91. The van der Waals surface area contributed by atoms with E-state index in [2.05, 4.69) is 10.6 Å². The highest BCUT2D eigenvalue weighted by Gasteiger charge is 2.23. The Morgan fingerprint density at radius 1 is 1.29 bits per heavy atom. The van der Waals surface area contributed by atoms with Crippen LogP contribution in [-0.2, 0) is 26.1 Å². The lowest BCUT2D eigenvalue weighted by molar-refractivity contribution is -0.120. The molecule has 0 aliphatic rings. The van der Waals surface area contributed by atoms with Crippen molar-refractivity contribution < 1.29 is 17.9 Å². The second kappa shape index (κ2) is 11.8. The third kappa shape index (κ3) is 7.04. The predicted molar refractivity (Wildman–Crippen MR) is 98.3 cm³/mol. The Morgan fingerprint density at radius 2 is 1.96 bits per heavy atom. The molecule has 0 bridgehead atoms. The number of hydrogen-bond donors (Lipinski definition) is 2. The summed E-state index contributed by atoms with van der Waals surface area (Å²) in [4.78, 5) is 12.5. The van der Waals surface area contributed by atoms with Crippen molar-refractivity contribution in [2.75, 3.05) is 39.9 Å². The Hall–Kier alpha value is -0.710. The topological polar surface area (TPSA) is 87.7 Å². The van der Waals surface area contributed by atoms with Crippen LogP contribution in [0.5, 0.6) is 0 Å². The number of nitrogens with zero attached hydrogens (tertiary/aromatic N) is 1. The number of sulfonamides is 1. The monoisotopic (exact) mass is 399 g/mol. The lowest BCUT2D eigenvalue weighted by Crippen LogP contribution is -2.34. The third-order valence-electron chi connectivity index (χ3n) is 3.16. The third-order valence-corrected chi connectivity index (χ3v) is 6.77. The summed E-state index contributed by atoms with van der Waals surface area (Å²) in [5.41, 5.74) is 0. The van der Waals surface area contributed by atoms with Gasteiger partial charge in [-0.15, -0.1) is 23.7 Å². The average Bonchev–Trinajstić information content (AvgIpc) is 3.00. The van der Waals surface area contributed by atoms with Crippen LogP contribution in [0.4, 0.5) is 0 Å². The molecule has 0 saturated carbocycles. The fraction of sp³-hybridized carbons (Fsp3) is 0.643. The first-order chi connectivity index (χ1) is 11.0. The molecule has 1 aromatic rings. The first-order valence-corrected chi connectivity index (χ1v) is 9.76. The number of halogens is 1. The van der Waals surface area contributed by atoms with E-state index >= 15 is 0 Å². The molecule has 1 heterocycles. The van der Waals surface area contributed by atoms with Gasteiger partial charge in [-0.2, -0.15) is 4.31 Å². The zero-order chi connectivity index (χ0) is 17.3. The first kappa shape index (κ1) is 23.3. The maximum absolute atomic E-state index is 12.4. The molecule has 1 amide bonds. The largest absolute Gasteiger partial charge is 0.383 e. The molecule has 0 atom stereocenters. The minimum atomic E-state index is -3.43. The Bertz CT molecular complexity index is 589. The molecule has 1 aromatic heterocycles. The maximum Gasteiger partial charge on any atom is 0.252 e. The van der Waals surface area contributed by atoms with E-state index in [1.807, 2.05) is 13.8 Å². The summed E-state index contributed by atoms with van der Waals surface area (Å²) in [6, 6.07) is 3.33. The molecule has 140 valence electrons. The standard InChI is InChI=1S/C14H25N3O4S2.ClH/c1-4-17(5-2)23(19,20)14-7-6-12(22-14)10-16-13(18)11-15-8-9-21-3;/h6-7,15H,4-5,8-11H2,1-3H3,(H,16,18);1H. The van der Waals surface area contributed by atoms with Crippen LogP contribution in [0.25, 0.3) is 0 Å². The highest BCUT2D eigenvalue weighted by atomic mass is 35.5. The molecule has 7 nitrogen and oxygen atoms in total. The van der Waals surface area contributed by atoms with E-state index < -0.39 is 10.0 Å². The number of methoxy groups -OCH3 is 1. The number of thiophene rings is 1. The fourth-order valence-electron chi connectivity index (χ4n) is 1.91. The average molecular weight is 400 g/mol. The molecule has 1 rings (SSSR count). The van der Waals surface area contributed by atoms with Crippen LogP contribution in [0.2, 0.25) is 0 Å². The van der Waals surface area contributed by atoms with E-state index in [0.717, 1.165) is 4.88 Å². The summed E-state index contributed by atoms with van der Waals surface area (Å²) in [5.74, 6) is -0.136. The van der Waals surface area contributed by atoms with Crippen molar-refractivity contribution in [1.29, 1.82) is 0 Å². The molecule has 0 radical (unpaired) electrons. The molecule has 0 unspecified atom stereocenters. The lowest BCUT2D eigenvalue weighted by atomic mass is 10.4. The molecule has 24 heavy (non-hydrogen) atoms. The van der Waals surface area contributed by atoms with E-state index in [9.17, 15) is 13.2 Å². The number of rotatable bonds is 11. The Labute approximate surface area is 154 Å². The maximum atomic E-state index is 12.4. The van der Waals surface area contributed by atoms with Crippen molar-refractivity contribution in [2.24, 2.45) is 0 Å². The predicted octanol–water partition coefficient (Wildman–Crippen LogP) is 1.05. The van der Waals surface area contributed by atoms with Crippen molar-refractivity contribution in [3.63, 3.8) is 0 Å². The zero-order valence-corrected chi connectivity index (χ0v) is 16.7. The normalized spacial score (nSPS) is 11.3. The van der Waals surface area contributed by atoms with Crippen molar-refractivity contribution in [1.82, 2.24) is 14.9 Å². The molecule has 0 fully saturated rings. The van der Waals surface area contributed by atoms with E-state index in [4.69, 9.17) is 4.74 Å². The van der Waals surface area contributed by atoms with Gasteiger partial charge < -0.3 is 15.4 Å². The van der Waals surface area contributed by atoms with Gasteiger partial charge >= 0.3 is 0 Å². The van der Waals surface area contributed by atoms with Crippen LogP contribution in [-0.4, -0.2) is 58.5 Å². The van der Waals surface area contributed by atoms with Gasteiger partial charge in [-0.1, -0.05) is 13.8 Å². The SMILES string of the molecule is CCN(CC)S(=O)(=O)c1ccc(CNC(=O)CNCCOC)s1.Cl. The molecular weight excluding hydrogens is 374 g/mol. The number of nitrogens with one attached hydrogen (secondary N) is 2. The quantitative estimate of drug-likeness (QED) is 0.543. The van der Waals surface area contributed by atoms with Gasteiger partial charge in [-0.05, 0) is 12.1 Å². The van der Waals surface area contributed by atoms with Crippen molar-refractivity contribution in [3.05, 3.63) is 17.0 Å². The van der Waals surface area contributed by atoms with Crippen LogP contribution in [0, 0.1) is 0 Å². The van der Waals surface area contributed by atoms with E-state index in [-0.39, 0.29) is 24.9 Å². The summed E-state index contributed by atoms with van der Waals surface area (Å²) in [7, 11) is -1.83. The number of ether oxygens (including phenoxy) is 1. The Morgan fingerprint density at radius 3 is 2.54 bits per heavy atom. The molecule has 0 aliphatic heterocycles. The summed E-state index contributed by atoms with van der Waals surface area (Å²) in [6.45, 7) is 6.19. The van der Waals surface area contributed by atoms with E-state index in [0.29, 0.717) is 37.0 Å². The molecule has 0 aromatic carbocycles. The van der Waals surface area contributed by atoms with Crippen molar-refractivity contribution in [3.8, 4) is 0 Å². The summed E-state index contributed by atoms with van der Waals surface area (Å²) in [6.07, 6.45) is 0. The van der Waals surface area contributed by atoms with Gasteiger partial charge in [0.25, 0.3) is 10.0 Å². The number of hydrogen-bond acceptors (Lipinski definition) is 6. The van der Waals surface area contributed by atoms with Crippen LogP contribution in [0.3, 0.4) is 0 Å². The van der Waals surface area contributed by atoms with Crippen LogP contribution in [0.15, 0.2) is 16.3 Å². The Balaban J connectivity index is 0.00000529. The van der Waals surface area contributed by atoms with E-state index in [1.165, 1.54) is 15.6 Å². The van der Waals surface area contributed by atoms with Crippen LogP contribution in [0.1, 0.15) is 18.7 Å². The van der Waals surface area contributed by atoms with Gasteiger partial charge in [0, 0.05) is 31.6 Å². The zero-order valence-electron chi connectivity index (χ0n) is 14.2. The number of carbonyl (C=O) groups excluding carboxylic acids is 1. The van der Waals surface area contributed by atoms with Crippen molar-refractivity contribution in [2.45, 2.75) is 24.6 Å². The molecule has 0 aliphatic carbocycles. The van der Waals surface area contributed by atoms with Gasteiger partial charge in [0.05, 0.1) is 19.7 Å². The van der Waals surface area contributed by atoms with Gasteiger partial charge in [-0.3, -0.25) is 4.79 Å². The summed E-state index contributed by atoms with van der Waals surface area (Å²) in [5, 5.41) is 5.70. The molecule has 0 spiro atoms. The van der Waals surface area contributed by atoms with Gasteiger partial charge in [0.15, 0.2) is 0 Å². The Kier molecular flexibility index (Phi) is 11.4. The minimum absolute atomic E-state index is 0. The lowest BCUT2D eigenvalue weighted by Gasteiger charge is -2.16. The molecule has 10 heteroatoms. The van der Waals surface area contributed by atoms with Crippen LogP contribution >= 0.6 is 23.7 Å². The first-order valence-electron chi connectivity index (χ1n) is 7.50. The second-order valence-electron chi connectivity index (χ2n) is 4.76. The number of carbonyl (C=O) groups is 1. The summed E-state index contributed by atoms with van der Waals surface area (Å²) >= 11 is 1.19. The molecule has 2 N–H and O–H groups in total. The van der Waals surface area contributed by atoms with Gasteiger partial charge in [0.1, 0.15) is 4.21 Å². The van der Waals surface area contributed by atoms with E-state index in [1.54, 1.807) is 19.2 Å². The number of amides is 1. The van der Waals surface area contributed by atoms with Gasteiger partial charge in [-0.25, -0.2) is 8.42 Å². The van der Waals surface area contributed by atoms with Crippen LogP contribution < -0.4 is 10.6 Å². The molecular formula is C14H26ClN3O4S2. The van der Waals surface area contributed by atoms with Gasteiger partial charge in [0.2, 0.25) is 5.91 Å². The fourth-order valence-corrected chi connectivity index (χ4v) is 4.81.